The minimum Gasteiger partial charge on any atom is -0.370 e. The maximum atomic E-state index is 12.5. The van der Waals surface area contributed by atoms with Crippen LogP contribution in [-0.2, 0) is 11.2 Å². The van der Waals surface area contributed by atoms with Crippen molar-refractivity contribution in [3.05, 3.63) is 47.1 Å². The molecule has 0 radical (unpaired) electrons. The minimum absolute atomic E-state index is 0.109. The number of ether oxygens (including phenoxy) is 1. The van der Waals surface area contributed by atoms with E-state index in [-0.39, 0.29) is 12.0 Å². The summed E-state index contributed by atoms with van der Waals surface area (Å²) in [5, 5.41) is 3.86. The molecule has 22 heavy (non-hydrogen) atoms. The van der Waals surface area contributed by atoms with Gasteiger partial charge in [-0.25, -0.2) is 0 Å². The molecule has 0 spiro atoms. The van der Waals surface area contributed by atoms with E-state index in [2.05, 4.69) is 10.1 Å². The fourth-order valence-corrected chi connectivity index (χ4v) is 2.55. The van der Waals surface area contributed by atoms with Gasteiger partial charge in [-0.2, -0.15) is 0 Å². The molecule has 0 saturated carbocycles. The third-order valence-electron chi connectivity index (χ3n) is 3.77. The summed E-state index contributed by atoms with van der Waals surface area (Å²) in [4.78, 5) is 18.5. The summed E-state index contributed by atoms with van der Waals surface area (Å²) in [6.45, 7) is 5.49. The molecular formula is C16H19N3O3. The number of hydrogen-bond acceptors (Lipinski definition) is 5. The zero-order valence-corrected chi connectivity index (χ0v) is 12.8. The summed E-state index contributed by atoms with van der Waals surface area (Å²) < 4.78 is 10.9. The number of amides is 1. The van der Waals surface area contributed by atoms with Crippen LogP contribution in [0.1, 0.15) is 40.5 Å². The summed E-state index contributed by atoms with van der Waals surface area (Å²) in [6.07, 6.45) is 2.36. The lowest BCUT2D eigenvalue weighted by Gasteiger charge is -2.32. The van der Waals surface area contributed by atoms with Gasteiger partial charge in [0, 0.05) is 30.9 Å². The van der Waals surface area contributed by atoms with E-state index in [0.29, 0.717) is 25.4 Å². The van der Waals surface area contributed by atoms with Crippen LogP contribution in [0.3, 0.4) is 0 Å². The highest BCUT2D eigenvalue weighted by molar-refractivity contribution is 5.92. The van der Waals surface area contributed by atoms with Gasteiger partial charge in [-0.1, -0.05) is 12.1 Å². The Morgan fingerprint density at radius 1 is 1.45 bits per heavy atom. The number of aromatic nitrogens is 2. The molecule has 6 nitrogen and oxygen atoms in total. The Balaban J connectivity index is 1.73. The van der Waals surface area contributed by atoms with E-state index >= 15 is 0 Å². The number of pyridine rings is 1. The van der Waals surface area contributed by atoms with Gasteiger partial charge in [0.25, 0.3) is 5.91 Å². The summed E-state index contributed by atoms with van der Waals surface area (Å²) in [7, 11) is 0. The predicted molar refractivity (Wildman–Crippen MR) is 79.5 cm³/mol. The number of rotatable bonds is 3. The molecule has 1 saturated heterocycles. The number of carbonyl (C=O) groups excluding carboxylic acids is 1. The van der Waals surface area contributed by atoms with Crippen molar-refractivity contribution in [1.29, 1.82) is 0 Å². The summed E-state index contributed by atoms with van der Waals surface area (Å²) in [5.74, 6) is 0.612. The normalized spacial score (nSPS) is 18.5. The highest BCUT2D eigenvalue weighted by Gasteiger charge is 2.27. The second kappa shape index (κ2) is 6.27. The van der Waals surface area contributed by atoms with Crippen LogP contribution in [0.5, 0.6) is 0 Å². The largest absolute Gasteiger partial charge is 0.370 e. The molecule has 2 aromatic rings. The minimum atomic E-state index is -0.128. The van der Waals surface area contributed by atoms with Crippen LogP contribution >= 0.6 is 0 Å². The van der Waals surface area contributed by atoms with E-state index in [1.165, 1.54) is 0 Å². The second-order valence-electron chi connectivity index (χ2n) is 5.37. The Bertz CT molecular complexity index is 668. The third-order valence-corrected chi connectivity index (χ3v) is 3.77. The molecule has 1 amide bonds. The average molecular weight is 301 g/mol. The molecule has 116 valence electrons. The fourth-order valence-electron chi connectivity index (χ4n) is 2.55. The first-order valence-corrected chi connectivity index (χ1v) is 7.46. The molecule has 0 N–H and O–H groups in total. The van der Waals surface area contributed by atoms with Gasteiger partial charge < -0.3 is 14.2 Å². The Hall–Kier alpha value is -2.21. The molecule has 0 aliphatic carbocycles. The molecule has 0 bridgehead atoms. The zero-order valence-electron chi connectivity index (χ0n) is 12.8. The Morgan fingerprint density at radius 2 is 2.32 bits per heavy atom. The van der Waals surface area contributed by atoms with Gasteiger partial charge in [0.05, 0.1) is 13.2 Å². The van der Waals surface area contributed by atoms with Gasteiger partial charge in [-0.3, -0.25) is 9.78 Å². The Labute approximate surface area is 129 Å². The monoisotopic (exact) mass is 301 g/mol. The zero-order chi connectivity index (χ0) is 15.5. The van der Waals surface area contributed by atoms with Crippen molar-refractivity contribution < 1.29 is 14.1 Å². The van der Waals surface area contributed by atoms with E-state index in [0.717, 1.165) is 23.4 Å². The van der Waals surface area contributed by atoms with E-state index in [1.807, 2.05) is 26.0 Å². The van der Waals surface area contributed by atoms with E-state index in [9.17, 15) is 4.79 Å². The molecule has 3 rings (SSSR count). The van der Waals surface area contributed by atoms with Crippen molar-refractivity contribution in [2.75, 3.05) is 19.7 Å². The molecule has 1 aliphatic heterocycles. The molecule has 3 heterocycles. The predicted octanol–water partition coefficient (Wildman–Crippen LogP) is 2.15. The Morgan fingerprint density at radius 3 is 3.05 bits per heavy atom. The van der Waals surface area contributed by atoms with E-state index in [4.69, 9.17) is 9.26 Å². The molecule has 1 fully saturated rings. The number of hydrogen-bond donors (Lipinski definition) is 0. The number of nitrogens with zero attached hydrogens (tertiary/aromatic N) is 3. The average Bonchev–Trinajstić information content (AvgIpc) is 3.03. The van der Waals surface area contributed by atoms with Crippen molar-refractivity contribution in [2.45, 2.75) is 26.4 Å². The molecule has 0 aromatic carbocycles. The van der Waals surface area contributed by atoms with Gasteiger partial charge in [-0.05, 0) is 24.6 Å². The number of aryl methyl sites for hydroxylation is 2. The van der Waals surface area contributed by atoms with Crippen molar-refractivity contribution in [3.63, 3.8) is 0 Å². The van der Waals surface area contributed by atoms with Crippen LogP contribution in [0.15, 0.2) is 28.9 Å². The molecule has 2 aromatic heterocycles. The smallest absolute Gasteiger partial charge is 0.276 e. The van der Waals surface area contributed by atoms with Crippen LogP contribution in [-0.4, -0.2) is 40.6 Å². The van der Waals surface area contributed by atoms with E-state index < -0.39 is 0 Å². The van der Waals surface area contributed by atoms with Crippen molar-refractivity contribution >= 4 is 5.91 Å². The lowest BCUT2D eigenvalue weighted by molar-refractivity contribution is -0.0231. The first-order chi connectivity index (χ1) is 10.7. The number of carbonyl (C=O) groups is 1. The molecule has 0 unspecified atom stereocenters. The van der Waals surface area contributed by atoms with Crippen LogP contribution in [0.25, 0.3) is 0 Å². The van der Waals surface area contributed by atoms with Crippen LogP contribution < -0.4 is 0 Å². The maximum absolute atomic E-state index is 12.5. The standard InChI is InChI=1S/C16H19N3O3/c1-3-13-9-14(18-22-13)16(20)19-6-7-21-15(10-19)12-4-5-17-11(2)8-12/h4-5,8-9,15H,3,6-7,10H2,1-2H3/t15-/m1/s1. The van der Waals surface area contributed by atoms with Gasteiger partial charge in [0.15, 0.2) is 5.69 Å². The molecular weight excluding hydrogens is 282 g/mol. The van der Waals surface area contributed by atoms with Crippen molar-refractivity contribution in [1.82, 2.24) is 15.0 Å². The first kappa shape index (κ1) is 14.7. The quantitative estimate of drug-likeness (QED) is 0.869. The van der Waals surface area contributed by atoms with Crippen LogP contribution in [0.2, 0.25) is 0 Å². The molecule has 1 aliphatic rings. The van der Waals surface area contributed by atoms with Gasteiger partial charge in [0.2, 0.25) is 0 Å². The van der Waals surface area contributed by atoms with Crippen molar-refractivity contribution in [2.24, 2.45) is 0 Å². The highest BCUT2D eigenvalue weighted by atomic mass is 16.5. The van der Waals surface area contributed by atoms with Crippen molar-refractivity contribution in [3.8, 4) is 0 Å². The first-order valence-electron chi connectivity index (χ1n) is 7.46. The van der Waals surface area contributed by atoms with Gasteiger partial charge >= 0.3 is 0 Å². The van der Waals surface area contributed by atoms with Gasteiger partial charge in [0.1, 0.15) is 11.9 Å². The second-order valence-corrected chi connectivity index (χ2v) is 5.37. The van der Waals surface area contributed by atoms with Gasteiger partial charge in [-0.15, -0.1) is 0 Å². The summed E-state index contributed by atoms with van der Waals surface area (Å²) >= 11 is 0. The van der Waals surface area contributed by atoms with Crippen LogP contribution in [0.4, 0.5) is 0 Å². The fraction of sp³-hybridized carbons (Fsp3) is 0.438. The SMILES string of the molecule is CCc1cc(C(=O)N2CCO[C@@H](c3ccnc(C)c3)C2)no1. The topological polar surface area (TPSA) is 68.5 Å². The number of morpholine rings is 1. The molecule has 1 atom stereocenters. The Kier molecular flexibility index (Phi) is 4.20. The lowest BCUT2D eigenvalue weighted by atomic mass is 10.1. The summed E-state index contributed by atoms with van der Waals surface area (Å²) in [6, 6.07) is 5.63. The highest BCUT2D eigenvalue weighted by Crippen LogP contribution is 2.23. The molecule has 6 heteroatoms. The third kappa shape index (κ3) is 3.01. The van der Waals surface area contributed by atoms with E-state index in [1.54, 1.807) is 17.2 Å². The summed E-state index contributed by atoms with van der Waals surface area (Å²) in [5.41, 5.74) is 2.34. The maximum Gasteiger partial charge on any atom is 0.276 e. The lowest BCUT2D eigenvalue weighted by Crippen LogP contribution is -2.42. The van der Waals surface area contributed by atoms with Crippen LogP contribution in [0, 0.1) is 6.92 Å².